The van der Waals surface area contributed by atoms with Crippen LogP contribution in [-0.4, -0.2) is 28.2 Å². The molecular formula is C19H22O3PSe+. The average Bonchev–Trinajstić information content (AvgIpc) is 2.95. The molecule has 1 unspecified atom stereocenters. The van der Waals surface area contributed by atoms with E-state index in [0.29, 0.717) is 13.2 Å². The van der Waals surface area contributed by atoms with E-state index in [4.69, 9.17) is 13.2 Å². The zero-order valence-corrected chi connectivity index (χ0v) is 16.5. The molecule has 3 rings (SSSR count). The van der Waals surface area contributed by atoms with Crippen molar-refractivity contribution < 1.29 is 13.2 Å². The van der Waals surface area contributed by atoms with E-state index in [-0.39, 0.29) is 21.1 Å². The predicted molar refractivity (Wildman–Crippen MR) is 100.0 cm³/mol. The fourth-order valence-corrected chi connectivity index (χ4v) is 7.80. The topological polar surface area (TPSA) is 29.8 Å². The molecule has 0 saturated heterocycles. The summed E-state index contributed by atoms with van der Waals surface area (Å²) in [6.07, 6.45) is -0.0853. The van der Waals surface area contributed by atoms with Gasteiger partial charge in [-0.2, -0.15) is 0 Å². The molecule has 0 N–H and O–H groups in total. The van der Waals surface area contributed by atoms with Crippen molar-refractivity contribution in [2.24, 2.45) is 0 Å². The van der Waals surface area contributed by atoms with Crippen LogP contribution in [0.3, 0.4) is 0 Å². The van der Waals surface area contributed by atoms with Gasteiger partial charge in [0, 0.05) is 0 Å². The van der Waals surface area contributed by atoms with Gasteiger partial charge in [0.2, 0.25) is 0 Å². The molecule has 1 atom stereocenters. The number of hydrogen-bond acceptors (Lipinski definition) is 2. The van der Waals surface area contributed by atoms with E-state index in [9.17, 15) is 0 Å². The van der Waals surface area contributed by atoms with Crippen molar-refractivity contribution in [1.82, 2.24) is 0 Å². The van der Waals surface area contributed by atoms with E-state index in [2.05, 4.69) is 42.2 Å². The van der Waals surface area contributed by atoms with Gasteiger partial charge < -0.3 is 0 Å². The molecule has 2 aromatic rings. The molecule has 0 bridgehead atoms. The second-order valence-corrected chi connectivity index (χ2v) is 9.69. The first kappa shape index (κ1) is 17.7. The zero-order chi connectivity index (χ0) is 16.8. The molecule has 0 aliphatic carbocycles. The van der Waals surface area contributed by atoms with E-state index >= 15 is 0 Å². The fourth-order valence-electron chi connectivity index (χ4n) is 2.54. The van der Waals surface area contributed by atoms with Crippen LogP contribution in [0.25, 0.3) is 0 Å². The molecule has 126 valence electrons. The Labute approximate surface area is 150 Å². The number of hydrogen-bond donors (Lipinski definition) is 0. The van der Waals surface area contributed by atoms with Crippen molar-refractivity contribution in [3.05, 3.63) is 76.5 Å². The number of rotatable bonds is 7. The molecule has 0 fully saturated rings. The summed E-state index contributed by atoms with van der Waals surface area (Å²) in [6, 6.07) is 20.9. The van der Waals surface area contributed by atoms with Gasteiger partial charge in [0.05, 0.1) is 0 Å². The minimum atomic E-state index is -2.41. The first-order valence-corrected chi connectivity index (χ1v) is 11.5. The van der Waals surface area contributed by atoms with Crippen LogP contribution in [0.4, 0.5) is 0 Å². The van der Waals surface area contributed by atoms with Crippen molar-refractivity contribution in [2.45, 2.75) is 20.0 Å². The minimum absolute atomic E-state index is 0.0853. The quantitative estimate of drug-likeness (QED) is 0.386. The van der Waals surface area contributed by atoms with Gasteiger partial charge in [-0.05, 0) is 0 Å². The summed E-state index contributed by atoms with van der Waals surface area (Å²) in [7, 11) is -2.41. The summed E-state index contributed by atoms with van der Waals surface area (Å²) < 4.78 is 20.9. The molecule has 24 heavy (non-hydrogen) atoms. The number of benzene rings is 2. The van der Waals surface area contributed by atoms with Crippen molar-refractivity contribution in [1.29, 1.82) is 0 Å². The van der Waals surface area contributed by atoms with Gasteiger partial charge in [-0.15, -0.1) is 0 Å². The molecular weight excluding hydrogens is 386 g/mol. The molecule has 0 amide bonds. The van der Waals surface area contributed by atoms with Crippen molar-refractivity contribution in [3.8, 4) is 0 Å². The van der Waals surface area contributed by atoms with Crippen LogP contribution in [0.1, 0.15) is 25.5 Å². The van der Waals surface area contributed by atoms with Gasteiger partial charge in [-0.1, -0.05) is 0 Å². The van der Waals surface area contributed by atoms with E-state index in [1.807, 2.05) is 38.1 Å². The monoisotopic (exact) mass is 409 g/mol. The second kappa shape index (κ2) is 8.29. The molecule has 0 saturated carbocycles. The third-order valence-electron chi connectivity index (χ3n) is 3.50. The van der Waals surface area contributed by atoms with E-state index in [1.54, 1.807) is 0 Å². The maximum absolute atomic E-state index is 6.39. The van der Waals surface area contributed by atoms with Crippen molar-refractivity contribution in [2.75, 3.05) is 13.2 Å². The summed E-state index contributed by atoms with van der Waals surface area (Å²) in [5, 5.41) is 0. The van der Waals surface area contributed by atoms with E-state index in [1.165, 1.54) is 8.93 Å². The summed E-state index contributed by atoms with van der Waals surface area (Å²) in [5.41, 5.74) is 1.16. The molecule has 1 heterocycles. The van der Waals surface area contributed by atoms with E-state index < -0.39 is 7.60 Å². The molecule has 3 nitrogen and oxygen atoms in total. The second-order valence-electron chi connectivity index (χ2n) is 5.22. The molecule has 0 aromatic heterocycles. The molecule has 2 aromatic carbocycles. The van der Waals surface area contributed by atoms with Crippen LogP contribution in [0.15, 0.2) is 71.0 Å². The maximum atomic E-state index is 6.39. The molecule has 1 aliphatic rings. The third kappa shape index (κ3) is 4.08. The Bertz CT molecular complexity index is 734. The first-order valence-electron chi connectivity index (χ1n) is 8.13. The van der Waals surface area contributed by atoms with Gasteiger partial charge in [0.1, 0.15) is 0 Å². The van der Waals surface area contributed by atoms with Crippen LogP contribution >= 0.6 is 7.60 Å². The third-order valence-corrected chi connectivity index (χ3v) is 8.48. The molecule has 5 heteroatoms. The molecule has 1 aliphatic heterocycles. The van der Waals surface area contributed by atoms with Crippen LogP contribution in [0, 0.1) is 0 Å². The average molecular weight is 408 g/mol. The summed E-state index contributed by atoms with van der Waals surface area (Å²) >= 11 is 0.178. The standard InChI is InChI=1S/C19H22O3PSe/c1-3-20-23(21-4-2)15-18(24-17-13-9-6-10-14-17)19(22-23)16-11-7-5-8-12-16/h5-15,19H,3-4H2,1-2H3/q+1. The van der Waals surface area contributed by atoms with Gasteiger partial charge in [-0.25, -0.2) is 0 Å². The van der Waals surface area contributed by atoms with E-state index in [0.717, 1.165) is 5.56 Å². The molecule has 0 radical (unpaired) electrons. The Hall–Kier alpha value is -1.15. The Morgan fingerprint density at radius 2 is 1.50 bits per heavy atom. The van der Waals surface area contributed by atoms with Crippen molar-refractivity contribution >= 4 is 27.0 Å². The Kier molecular flexibility index (Phi) is 6.10. The summed E-state index contributed by atoms with van der Waals surface area (Å²) in [5.74, 6) is 2.14. The first-order chi connectivity index (χ1) is 11.8. The van der Waals surface area contributed by atoms with Crippen LogP contribution < -0.4 is 4.46 Å². The summed E-state index contributed by atoms with van der Waals surface area (Å²) in [6.45, 7) is 5.13. The van der Waals surface area contributed by atoms with Gasteiger partial charge >= 0.3 is 150 Å². The molecule has 0 spiro atoms. The Morgan fingerprint density at radius 1 is 0.917 bits per heavy atom. The van der Waals surface area contributed by atoms with Crippen molar-refractivity contribution in [3.63, 3.8) is 0 Å². The SMILES string of the molecule is CCOP1(OCC)=[O+]C(c2ccccc2)C([Se]c2ccccc2)=C1. The van der Waals surface area contributed by atoms with Crippen LogP contribution in [-0.2, 0) is 13.2 Å². The predicted octanol–water partition coefficient (Wildman–Crippen LogP) is 4.41. The van der Waals surface area contributed by atoms with Gasteiger partial charge in [0.15, 0.2) is 0 Å². The van der Waals surface area contributed by atoms with Gasteiger partial charge in [-0.3, -0.25) is 0 Å². The van der Waals surface area contributed by atoms with Crippen LogP contribution in [0.5, 0.6) is 0 Å². The van der Waals surface area contributed by atoms with Gasteiger partial charge in [0.25, 0.3) is 0 Å². The fraction of sp³-hybridized carbons (Fsp3) is 0.263. The normalized spacial score (nSPS) is 18.9. The zero-order valence-electron chi connectivity index (χ0n) is 13.9. The van der Waals surface area contributed by atoms with Crippen LogP contribution in [0.2, 0.25) is 0 Å². The summed E-state index contributed by atoms with van der Waals surface area (Å²) in [4.78, 5) is 0. The Balaban J connectivity index is 1.99. The Morgan fingerprint density at radius 3 is 2.08 bits per heavy atom.